The van der Waals surface area contributed by atoms with Gasteiger partial charge < -0.3 is 4.90 Å². The molecule has 0 radical (unpaired) electrons. The fraction of sp³-hybridized carbons (Fsp3) is 0.750. The third-order valence-corrected chi connectivity index (χ3v) is 3.69. The lowest BCUT2D eigenvalue weighted by Crippen LogP contribution is -2.49. The Labute approximate surface area is 103 Å². The summed E-state index contributed by atoms with van der Waals surface area (Å²) in [6.07, 6.45) is 6.26. The first kappa shape index (κ1) is 12.1. The first-order valence-corrected chi connectivity index (χ1v) is 6.26. The number of hydrazone groups is 1. The largest absolute Gasteiger partial charge is 0.335 e. The fourth-order valence-corrected chi connectivity index (χ4v) is 2.95. The molecule has 0 aliphatic carbocycles. The molecule has 5 nitrogen and oxygen atoms in total. The number of rotatable bonds is 1. The zero-order valence-corrected chi connectivity index (χ0v) is 10.7. The van der Waals surface area contributed by atoms with Crippen LogP contribution in [0.15, 0.2) is 10.1 Å². The van der Waals surface area contributed by atoms with E-state index in [-0.39, 0.29) is 0 Å². The van der Waals surface area contributed by atoms with Crippen LogP contribution in [0.25, 0.3) is 0 Å². The van der Waals surface area contributed by atoms with Crippen molar-refractivity contribution in [2.75, 3.05) is 7.05 Å². The van der Waals surface area contributed by atoms with Crippen molar-refractivity contribution in [3.8, 4) is 0 Å². The van der Waals surface area contributed by atoms with E-state index in [1.54, 1.807) is 11.9 Å². The molecule has 0 spiro atoms. The summed E-state index contributed by atoms with van der Waals surface area (Å²) in [7, 11) is 1.85. The first-order valence-electron chi connectivity index (χ1n) is 6.26. The van der Waals surface area contributed by atoms with Crippen molar-refractivity contribution in [1.82, 2.24) is 9.91 Å². The predicted molar refractivity (Wildman–Crippen MR) is 70.6 cm³/mol. The van der Waals surface area contributed by atoms with Crippen LogP contribution >= 0.6 is 0 Å². The highest BCUT2D eigenvalue weighted by Crippen LogP contribution is 2.36. The lowest BCUT2D eigenvalue weighted by Gasteiger charge is -2.38. The number of nitrogens with one attached hydrogen (secondary N) is 1. The molecule has 2 saturated heterocycles. The minimum atomic E-state index is 0.320. The van der Waals surface area contributed by atoms with Gasteiger partial charge >= 0.3 is 0 Å². The average molecular weight is 235 g/mol. The van der Waals surface area contributed by atoms with Gasteiger partial charge in [-0.05, 0) is 39.0 Å². The highest BCUT2D eigenvalue weighted by Gasteiger charge is 2.39. The number of nitrogens with zero attached hydrogens (tertiary/aromatic N) is 4. The summed E-state index contributed by atoms with van der Waals surface area (Å²) >= 11 is 0. The van der Waals surface area contributed by atoms with Crippen molar-refractivity contribution in [1.29, 1.82) is 5.41 Å². The summed E-state index contributed by atoms with van der Waals surface area (Å²) in [6.45, 7) is 5.25. The fourth-order valence-electron chi connectivity index (χ4n) is 2.95. The summed E-state index contributed by atoms with van der Waals surface area (Å²) in [4.78, 5) is 6.69. The Kier molecular flexibility index (Phi) is 3.45. The van der Waals surface area contributed by atoms with Gasteiger partial charge in [-0.1, -0.05) is 0 Å². The minimum Gasteiger partial charge on any atom is -0.335 e. The lowest BCUT2D eigenvalue weighted by molar-refractivity contribution is 0.211. The molecule has 2 heterocycles. The minimum absolute atomic E-state index is 0.320. The van der Waals surface area contributed by atoms with Crippen LogP contribution < -0.4 is 0 Å². The van der Waals surface area contributed by atoms with Crippen LogP contribution in [-0.4, -0.2) is 47.6 Å². The topological polar surface area (TPSA) is 55.1 Å². The molecular formula is C12H21N5. The van der Waals surface area contributed by atoms with Crippen molar-refractivity contribution in [3.63, 3.8) is 0 Å². The van der Waals surface area contributed by atoms with Gasteiger partial charge in [0, 0.05) is 25.8 Å². The first-order chi connectivity index (χ1) is 8.13. The number of hydrogen-bond donors (Lipinski definition) is 1. The van der Waals surface area contributed by atoms with Gasteiger partial charge in [0.2, 0.25) is 5.96 Å². The number of amidine groups is 1. The molecule has 2 aliphatic rings. The molecule has 0 aromatic heterocycles. The van der Waals surface area contributed by atoms with E-state index in [0.717, 1.165) is 5.96 Å². The molecule has 5 heteroatoms. The van der Waals surface area contributed by atoms with Crippen LogP contribution in [0.1, 0.15) is 39.0 Å². The van der Waals surface area contributed by atoms with Crippen LogP contribution in [0.4, 0.5) is 0 Å². The number of fused-ring (bicyclic) bond motifs is 2. The van der Waals surface area contributed by atoms with Gasteiger partial charge in [0.15, 0.2) is 0 Å². The van der Waals surface area contributed by atoms with E-state index < -0.39 is 0 Å². The van der Waals surface area contributed by atoms with Crippen molar-refractivity contribution < 1.29 is 0 Å². The smallest absolute Gasteiger partial charge is 0.224 e. The van der Waals surface area contributed by atoms with E-state index >= 15 is 0 Å². The Morgan fingerprint density at radius 1 is 1.29 bits per heavy atom. The molecule has 2 bridgehead atoms. The third-order valence-electron chi connectivity index (χ3n) is 3.69. The number of guanidine groups is 1. The number of hydrogen-bond acceptors (Lipinski definition) is 2. The maximum Gasteiger partial charge on any atom is 0.224 e. The molecule has 0 saturated carbocycles. The Morgan fingerprint density at radius 2 is 1.88 bits per heavy atom. The van der Waals surface area contributed by atoms with Crippen LogP contribution in [0.3, 0.4) is 0 Å². The summed E-state index contributed by atoms with van der Waals surface area (Å²) in [5.74, 6) is 1.11. The molecule has 0 aromatic rings. The molecule has 2 unspecified atom stereocenters. The Hall–Kier alpha value is -1.39. The van der Waals surface area contributed by atoms with Crippen LogP contribution in [0, 0.1) is 5.41 Å². The standard InChI is InChI=1S/C12H21N5/c1-9(13)15-12(16(3)14-2)17-10-5-4-6-11(17)8-7-10/h10-11,13H,2,4-8H2,1,3H3. The lowest BCUT2D eigenvalue weighted by atomic mass is 10.0. The van der Waals surface area contributed by atoms with Gasteiger partial charge in [0.1, 0.15) is 5.84 Å². The van der Waals surface area contributed by atoms with E-state index in [1.165, 1.54) is 32.1 Å². The zero-order chi connectivity index (χ0) is 12.4. The number of piperidine rings is 1. The van der Waals surface area contributed by atoms with Gasteiger partial charge in [0.05, 0.1) is 0 Å². The highest BCUT2D eigenvalue weighted by molar-refractivity contribution is 5.93. The molecule has 2 rings (SSSR count). The van der Waals surface area contributed by atoms with Crippen molar-refractivity contribution in [3.05, 3.63) is 0 Å². The predicted octanol–water partition coefficient (Wildman–Crippen LogP) is 1.90. The van der Waals surface area contributed by atoms with Crippen molar-refractivity contribution in [2.24, 2.45) is 10.1 Å². The van der Waals surface area contributed by atoms with Gasteiger partial charge in [-0.3, -0.25) is 5.41 Å². The molecule has 17 heavy (non-hydrogen) atoms. The number of aliphatic imine (C=N–C) groups is 1. The van der Waals surface area contributed by atoms with Gasteiger partial charge in [-0.2, -0.15) is 10.1 Å². The van der Waals surface area contributed by atoms with Gasteiger partial charge in [0.25, 0.3) is 0 Å². The second-order valence-electron chi connectivity index (χ2n) is 4.89. The van der Waals surface area contributed by atoms with Crippen LogP contribution in [-0.2, 0) is 0 Å². The van der Waals surface area contributed by atoms with E-state index in [2.05, 4.69) is 21.7 Å². The van der Waals surface area contributed by atoms with E-state index in [9.17, 15) is 0 Å². The molecule has 0 aromatic carbocycles. The Morgan fingerprint density at radius 3 is 2.35 bits per heavy atom. The maximum absolute atomic E-state index is 7.56. The normalized spacial score (nSPS) is 28.1. The van der Waals surface area contributed by atoms with Gasteiger partial charge in [-0.25, -0.2) is 5.01 Å². The maximum atomic E-state index is 7.56. The van der Waals surface area contributed by atoms with Crippen molar-refractivity contribution >= 4 is 18.5 Å². The molecule has 0 amide bonds. The summed E-state index contributed by atoms with van der Waals surface area (Å²) in [5, 5.41) is 13.2. The Bertz CT molecular complexity index is 333. The van der Waals surface area contributed by atoms with E-state index in [1.807, 2.05) is 7.05 Å². The second-order valence-corrected chi connectivity index (χ2v) is 4.89. The van der Waals surface area contributed by atoms with Crippen LogP contribution in [0.5, 0.6) is 0 Å². The molecule has 2 fully saturated rings. The summed E-state index contributed by atoms with van der Waals surface area (Å²) in [5.41, 5.74) is 0. The quantitative estimate of drug-likeness (QED) is 0.429. The molecular weight excluding hydrogens is 214 g/mol. The molecule has 2 aliphatic heterocycles. The SMILES string of the molecule is C=NN(C)C(=NC(C)=N)N1C2CCCC1CC2. The molecule has 1 N–H and O–H groups in total. The van der Waals surface area contributed by atoms with E-state index in [0.29, 0.717) is 17.9 Å². The Balaban J connectivity index is 2.27. The monoisotopic (exact) mass is 235 g/mol. The average Bonchev–Trinajstić information content (AvgIpc) is 2.54. The summed E-state index contributed by atoms with van der Waals surface area (Å²) < 4.78 is 0. The van der Waals surface area contributed by atoms with E-state index in [4.69, 9.17) is 5.41 Å². The second kappa shape index (κ2) is 4.85. The summed E-state index contributed by atoms with van der Waals surface area (Å²) in [6, 6.07) is 1.16. The molecule has 94 valence electrons. The zero-order valence-electron chi connectivity index (χ0n) is 10.7. The highest BCUT2D eigenvalue weighted by atomic mass is 15.5. The van der Waals surface area contributed by atoms with Gasteiger partial charge in [-0.15, -0.1) is 0 Å². The molecule has 2 atom stereocenters. The third kappa shape index (κ3) is 2.33. The van der Waals surface area contributed by atoms with Crippen molar-refractivity contribution in [2.45, 2.75) is 51.1 Å². The van der Waals surface area contributed by atoms with Crippen LogP contribution in [0.2, 0.25) is 0 Å².